The maximum atomic E-state index is 12.4. The fourth-order valence-corrected chi connectivity index (χ4v) is 4.11. The molecular formula is C18H23NO2. The van der Waals surface area contributed by atoms with Crippen LogP contribution in [0.5, 0.6) is 0 Å². The van der Waals surface area contributed by atoms with E-state index >= 15 is 0 Å². The summed E-state index contributed by atoms with van der Waals surface area (Å²) in [5.41, 5.74) is 1.54. The highest BCUT2D eigenvalue weighted by Crippen LogP contribution is 2.56. The molecule has 3 heteroatoms. The van der Waals surface area contributed by atoms with Gasteiger partial charge in [0.25, 0.3) is 0 Å². The predicted molar refractivity (Wildman–Crippen MR) is 82.8 cm³/mol. The molecule has 3 rings (SSSR count). The van der Waals surface area contributed by atoms with Crippen molar-refractivity contribution in [2.45, 2.75) is 51.3 Å². The van der Waals surface area contributed by atoms with Gasteiger partial charge in [-0.3, -0.25) is 4.90 Å². The lowest BCUT2D eigenvalue weighted by molar-refractivity contribution is 0.0213. The lowest BCUT2D eigenvalue weighted by atomic mass is 9.76. The quantitative estimate of drug-likeness (QED) is 0.781. The maximum absolute atomic E-state index is 12.4. The summed E-state index contributed by atoms with van der Waals surface area (Å²) < 4.78 is 5.79. The van der Waals surface area contributed by atoms with Crippen molar-refractivity contribution in [2.75, 3.05) is 0 Å². The normalized spacial score (nSPS) is 34.7. The molecule has 0 aromatic heterocycles. The molecule has 1 aromatic rings. The minimum atomic E-state index is -0.414. The van der Waals surface area contributed by atoms with Crippen molar-refractivity contribution in [3.63, 3.8) is 0 Å². The molecule has 3 nitrogen and oxygen atoms in total. The zero-order chi connectivity index (χ0) is 15.3. The summed E-state index contributed by atoms with van der Waals surface area (Å²) in [6.07, 6.45) is 1.73. The molecule has 1 aliphatic carbocycles. The Labute approximate surface area is 126 Å². The van der Waals surface area contributed by atoms with E-state index < -0.39 is 5.60 Å². The van der Waals surface area contributed by atoms with E-state index in [0.29, 0.717) is 6.54 Å². The lowest BCUT2D eigenvalue weighted by Gasteiger charge is -2.41. The molecule has 21 heavy (non-hydrogen) atoms. The number of ether oxygens (including phenoxy) is 1. The molecule has 112 valence electrons. The van der Waals surface area contributed by atoms with Gasteiger partial charge < -0.3 is 4.74 Å². The van der Waals surface area contributed by atoms with Crippen molar-refractivity contribution in [1.29, 1.82) is 0 Å². The fraction of sp³-hybridized carbons (Fsp3) is 0.500. The van der Waals surface area contributed by atoms with E-state index in [1.165, 1.54) is 0 Å². The fourth-order valence-electron chi connectivity index (χ4n) is 4.11. The molecule has 1 amide bonds. The zero-order valence-corrected chi connectivity index (χ0v) is 13.1. The van der Waals surface area contributed by atoms with Gasteiger partial charge in [0.15, 0.2) is 0 Å². The molecule has 1 aromatic carbocycles. The van der Waals surface area contributed by atoms with Crippen molar-refractivity contribution in [1.82, 2.24) is 4.90 Å². The van der Waals surface area contributed by atoms with E-state index in [1.807, 2.05) is 23.1 Å². The third kappa shape index (κ3) is 1.90. The number of benzene rings is 1. The monoisotopic (exact) mass is 285 g/mol. The van der Waals surface area contributed by atoms with E-state index in [-0.39, 0.29) is 17.6 Å². The molecule has 0 N–H and O–H groups in total. The van der Waals surface area contributed by atoms with Gasteiger partial charge in [-0.25, -0.2) is 4.79 Å². The van der Waals surface area contributed by atoms with Gasteiger partial charge >= 0.3 is 6.09 Å². The van der Waals surface area contributed by atoms with Crippen LogP contribution in [0.4, 0.5) is 4.79 Å². The van der Waals surface area contributed by atoms with Gasteiger partial charge in [-0.05, 0) is 39.2 Å². The van der Waals surface area contributed by atoms with Crippen molar-refractivity contribution in [2.24, 2.45) is 5.92 Å². The average molecular weight is 285 g/mol. The Hall–Kier alpha value is -1.77. The number of hydrogen-bond donors (Lipinski definition) is 0. The second-order valence-electron chi connectivity index (χ2n) is 6.76. The van der Waals surface area contributed by atoms with Gasteiger partial charge in [-0.2, -0.15) is 0 Å². The van der Waals surface area contributed by atoms with Crippen molar-refractivity contribution < 1.29 is 9.53 Å². The third-order valence-electron chi connectivity index (χ3n) is 5.53. The average Bonchev–Trinajstić information content (AvgIpc) is 2.79. The highest BCUT2D eigenvalue weighted by molar-refractivity contribution is 5.73. The lowest BCUT2D eigenvalue weighted by Crippen LogP contribution is -2.55. The first-order valence-corrected chi connectivity index (χ1v) is 7.58. The molecule has 1 saturated heterocycles. The SMILES string of the molecule is C=C(C)[C@@H]1CC[C@]2(C)OC(=O)N(Cc3ccccc3)[C@@]12C. The molecule has 0 spiro atoms. The summed E-state index contributed by atoms with van der Waals surface area (Å²) in [4.78, 5) is 14.4. The molecule has 0 radical (unpaired) electrons. The standard InChI is InChI=1S/C18H23NO2/c1-13(2)15-10-11-17(3)18(15,4)19(16(20)21-17)12-14-8-6-5-7-9-14/h5-9,15H,1,10-12H2,2-4H3/t15-,17-,18-/m0/s1. The number of rotatable bonds is 3. The summed E-state index contributed by atoms with van der Waals surface area (Å²) in [7, 11) is 0. The van der Waals surface area contributed by atoms with Crippen LogP contribution in [-0.2, 0) is 11.3 Å². The van der Waals surface area contributed by atoms with Crippen LogP contribution in [0.25, 0.3) is 0 Å². The van der Waals surface area contributed by atoms with Crippen molar-refractivity contribution in [3.8, 4) is 0 Å². The Morgan fingerprint density at radius 2 is 2.05 bits per heavy atom. The summed E-state index contributed by atoms with van der Waals surface area (Å²) >= 11 is 0. The minimum absolute atomic E-state index is 0.199. The maximum Gasteiger partial charge on any atom is 0.411 e. The van der Waals surface area contributed by atoms with Gasteiger partial charge in [-0.15, -0.1) is 0 Å². The smallest absolute Gasteiger partial charge is 0.411 e. The largest absolute Gasteiger partial charge is 0.441 e. The topological polar surface area (TPSA) is 29.5 Å². The second kappa shape index (κ2) is 4.62. The van der Waals surface area contributed by atoms with E-state index in [9.17, 15) is 4.79 Å². The number of nitrogens with zero attached hydrogens (tertiary/aromatic N) is 1. The van der Waals surface area contributed by atoms with Crippen LogP contribution >= 0.6 is 0 Å². The summed E-state index contributed by atoms with van der Waals surface area (Å²) in [5.74, 6) is 0.290. The van der Waals surface area contributed by atoms with Crippen LogP contribution in [0.1, 0.15) is 39.2 Å². The number of hydrogen-bond acceptors (Lipinski definition) is 2. The molecule has 0 bridgehead atoms. The van der Waals surface area contributed by atoms with Gasteiger partial charge in [0, 0.05) is 12.5 Å². The second-order valence-corrected chi connectivity index (χ2v) is 6.76. The van der Waals surface area contributed by atoms with E-state index in [4.69, 9.17) is 4.74 Å². The first-order valence-electron chi connectivity index (χ1n) is 7.58. The molecule has 1 aliphatic heterocycles. The zero-order valence-electron chi connectivity index (χ0n) is 13.1. The molecule has 1 saturated carbocycles. The van der Waals surface area contributed by atoms with Crippen LogP contribution < -0.4 is 0 Å². The Balaban J connectivity index is 1.99. The first-order chi connectivity index (χ1) is 9.88. The van der Waals surface area contributed by atoms with Crippen LogP contribution in [0.15, 0.2) is 42.5 Å². The highest BCUT2D eigenvalue weighted by atomic mass is 16.6. The van der Waals surface area contributed by atoms with E-state index in [2.05, 4.69) is 39.5 Å². The molecule has 0 unspecified atom stereocenters. The van der Waals surface area contributed by atoms with Crippen molar-refractivity contribution in [3.05, 3.63) is 48.0 Å². The first kappa shape index (κ1) is 14.2. The Bertz CT molecular complexity index is 582. The van der Waals surface area contributed by atoms with Crippen molar-refractivity contribution >= 4 is 6.09 Å². The number of fused-ring (bicyclic) bond motifs is 1. The summed E-state index contributed by atoms with van der Waals surface area (Å²) in [5, 5.41) is 0. The van der Waals surface area contributed by atoms with Gasteiger partial charge in [0.05, 0.1) is 5.54 Å². The third-order valence-corrected chi connectivity index (χ3v) is 5.53. The minimum Gasteiger partial charge on any atom is -0.441 e. The Morgan fingerprint density at radius 1 is 1.38 bits per heavy atom. The molecule has 1 heterocycles. The summed E-state index contributed by atoms with van der Waals surface area (Å²) in [6.45, 7) is 11.0. The van der Waals surface area contributed by atoms with E-state index in [1.54, 1.807) is 0 Å². The molecular weight excluding hydrogens is 262 g/mol. The van der Waals surface area contributed by atoms with Crippen LogP contribution in [0, 0.1) is 5.92 Å². The Kier molecular flexibility index (Phi) is 3.12. The number of carbonyl (C=O) groups is 1. The Morgan fingerprint density at radius 3 is 2.67 bits per heavy atom. The van der Waals surface area contributed by atoms with Gasteiger partial charge in [0.2, 0.25) is 0 Å². The van der Waals surface area contributed by atoms with Crippen LogP contribution in [-0.4, -0.2) is 22.1 Å². The summed E-state index contributed by atoms with van der Waals surface area (Å²) in [6, 6.07) is 10.1. The van der Waals surface area contributed by atoms with E-state index in [0.717, 1.165) is 24.0 Å². The number of amides is 1. The molecule has 2 aliphatic rings. The van der Waals surface area contributed by atoms with Crippen LogP contribution in [0.3, 0.4) is 0 Å². The molecule has 2 fully saturated rings. The highest BCUT2D eigenvalue weighted by Gasteiger charge is 2.66. The molecule has 3 atom stereocenters. The van der Waals surface area contributed by atoms with Gasteiger partial charge in [0.1, 0.15) is 5.60 Å². The number of carbonyl (C=O) groups excluding carboxylic acids is 1. The van der Waals surface area contributed by atoms with Crippen LogP contribution in [0.2, 0.25) is 0 Å². The van der Waals surface area contributed by atoms with Gasteiger partial charge in [-0.1, -0.05) is 42.5 Å². The predicted octanol–water partition coefficient (Wildman–Crippen LogP) is 4.14.